The third-order valence-corrected chi connectivity index (χ3v) is 4.46. The zero-order chi connectivity index (χ0) is 15.6. The molecule has 0 amide bonds. The first-order chi connectivity index (χ1) is 9.93. The summed E-state index contributed by atoms with van der Waals surface area (Å²) in [6, 6.07) is 4.18. The maximum Gasteiger partial charge on any atom is 0.138 e. The van der Waals surface area contributed by atoms with Crippen LogP contribution >= 0.6 is 31.9 Å². The van der Waals surface area contributed by atoms with E-state index in [2.05, 4.69) is 55.3 Å². The summed E-state index contributed by atoms with van der Waals surface area (Å²) in [5, 5.41) is 7.49. The maximum absolute atomic E-state index is 5.46. The Labute approximate surface area is 141 Å². The van der Waals surface area contributed by atoms with Gasteiger partial charge < -0.3 is 14.6 Å². The fourth-order valence-electron chi connectivity index (χ4n) is 2.45. The van der Waals surface area contributed by atoms with Crippen LogP contribution in [-0.2, 0) is 6.54 Å². The number of halogens is 2. The summed E-state index contributed by atoms with van der Waals surface area (Å²) in [5.74, 6) is 1.70. The summed E-state index contributed by atoms with van der Waals surface area (Å²) in [5.41, 5.74) is 3.12. The molecule has 1 N–H and O–H groups in total. The highest BCUT2D eigenvalue weighted by Gasteiger charge is 2.17. The van der Waals surface area contributed by atoms with E-state index >= 15 is 0 Å². The smallest absolute Gasteiger partial charge is 0.138 e. The number of hydrogen-bond donors (Lipinski definition) is 1. The van der Waals surface area contributed by atoms with E-state index in [-0.39, 0.29) is 6.04 Å². The van der Waals surface area contributed by atoms with Crippen molar-refractivity contribution in [2.75, 3.05) is 7.11 Å². The largest absolute Gasteiger partial charge is 0.495 e. The summed E-state index contributed by atoms with van der Waals surface area (Å²) in [7, 11) is 1.68. The Hall–Kier alpha value is -0.850. The van der Waals surface area contributed by atoms with Gasteiger partial charge in [0.2, 0.25) is 0 Å². The van der Waals surface area contributed by atoms with E-state index in [1.54, 1.807) is 7.11 Å². The van der Waals surface area contributed by atoms with Crippen molar-refractivity contribution in [3.63, 3.8) is 0 Å². The van der Waals surface area contributed by atoms with Crippen molar-refractivity contribution in [2.45, 2.75) is 33.4 Å². The number of benzene rings is 1. The molecule has 2 rings (SSSR count). The summed E-state index contributed by atoms with van der Waals surface area (Å²) in [4.78, 5) is 0. The molecule has 0 spiro atoms. The Balaban J connectivity index is 2.17. The van der Waals surface area contributed by atoms with Gasteiger partial charge in [0.25, 0.3) is 0 Å². The van der Waals surface area contributed by atoms with E-state index in [0.29, 0.717) is 6.54 Å². The average Bonchev–Trinajstić information content (AvgIpc) is 2.75. The Morgan fingerprint density at radius 1 is 1.33 bits per heavy atom. The van der Waals surface area contributed by atoms with Crippen molar-refractivity contribution in [3.05, 3.63) is 43.7 Å². The fourth-order valence-corrected chi connectivity index (χ4v) is 3.92. The van der Waals surface area contributed by atoms with E-state index in [1.807, 2.05) is 19.9 Å². The minimum absolute atomic E-state index is 0.152. The molecule has 0 aliphatic heterocycles. The molecule has 1 aromatic heterocycles. The second-order valence-electron chi connectivity index (χ2n) is 4.92. The van der Waals surface area contributed by atoms with Gasteiger partial charge in [-0.3, -0.25) is 0 Å². The van der Waals surface area contributed by atoms with Gasteiger partial charge in [0, 0.05) is 28.2 Å². The second kappa shape index (κ2) is 6.94. The molecule has 6 heteroatoms. The van der Waals surface area contributed by atoms with E-state index in [0.717, 1.165) is 37.3 Å². The van der Waals surface area contributed by atoms with Crippen molar-refractivity contribution in [1.82, 2.24) is 10.5 Å². The number of nitrogens with zero attached hydrogens (tertiary/aromatic N) is 1. The fraction of sp³-hybridized carbons (Fsp3) is 0.400. The van der Waals surface area contributed by atoms with E-state index in [9.17, 15) is 0 Å². The first-order valence-corrected chi connectivity index (χ1v) is 8.20. The quantitative estimate of drug-likeness (QED) is 0.767. The lowest BCUT2D eigenvalue weighted by molar-refractivity contribution is 0.390. The molecule has 1 atom stereocenters. The molecule has 1 heterocycles. The summed E-state index contributed by atoms with van der Waals surface area (Å²) < 4.78 is 12.6. The lowest BCUT2D eigenvalue weighted by Gasteiger charge is -2.16. The van der Waals surface area contributed by atoms with Crippen LogP contribution in [0, 0.1) is 13.8 Å². The highest BCUT2D eigenvalue weighted by atomic mass is 79.9. The van der Waals surface area contributed by atoms with Crippen LogP contribution in [-0.4, -0.2) is 12.3 Å². The monoisotopic (exact) mass is 416 g/mol. The van der Waals surface area contributed by atoms with Crippen LogP contribution in [0.5, 0.6) is 5.75 Å². The number of aromatic nitrogens is 1. The molecule has 0 bridgehead atoms. The lowest BCUT2D eigenvalue weighted by Crippen LogP contribution is -2.19. The second-order valence-corrected chi connectivity index (χ2v) is 6.69. The topological polar surface area (TPSA) is 47.3 Å². The van der Waals surface area contributed by atoms with Crippen molar-refractivity contribution < 1.29 is 9.26 Å². The van der Waals surface area contributed by atoms with Crippen molar-refractivity contribution in [1.29, 1.82) is 0 Å². The SMILES string of the molecule is COc1c(Br)cc(Br)cc1CNC(C)c1c(C)noc1C. The van der Waals surface area contributed by atoms with Gasteiger partial charge in [-0.05, 0) is 48.8 Å². The summed E-state index contributed by atoms with van der Waals surface area (Å²) in [6.07, 6.45) is 0. The van der Waals surface area contributed by atoms with Crippen LogP contribution < -0.4 is 10.1 Å². The molecule has 0 aliphatic carbocycles. The van der Waals surface area contributed by atoms with Gasteiger partial charge in [0.05, 0.1) is 17.3 Å². The van der Waals surface area contributed by atoms with Gasteiger partial charge in [-0.1, -0.05) is 21.1 Å². The predicted molar refractivity (Wildman–Crippen MR) is 89.6 cm³/mol. The first kappa shape index (κ1) is 16.5. The van der Waals surface area contributed by atoms with E-state index in [4.69, 9.17) is 9.26 Å². The zero-order valence-corrected chi connectivity index (χ0v) is 15.6. The van der Waals surface area contributed by atoms with E-state index < -0.39 is 0 Å². The number of rotatable bonds is 5. The molecule has 114 valence electrons. The Kier molecular flexibility index (Phi) is 5.46. The molecule has 0 saturated heterocycles. The van der Waals surface area contributed by atoms with Gasteiger partial charge in [-0.25, -0.2) is 0 Å². The molecule has 0 aliphatic rings. The summed E-state index contributed by atoms with van der Waals surface area (Å²) in [6.45, 7) is 6.68. The zero-order valence-electron chi connectivity index (χ0n) is 12.5. The van der Waals surface area contributed by atoms with Crippen LogP contribution in [0.4, 0.5) is 0 Å². The highest BCUT2D eigenvalue weighted by molar-refractivity contribution is 9.11. The number of hydrogen-bond acceptors (Lipinski definition) is 4. The molecule has 0 saturated carbocycles. The van der Waals surface area contributed by atoms with Crippen LogP contribution in [0.15, 0.2) is 25.6 Å². The van der Waals surface area contributed by atoms with Gasteiger partial charge >= 0.3 is 0 Å². The molecule has 0 fully saturated rings. The van der Waals surface area contributed by atoms with Crippen molar-refractivity contribution >= 4 is 31.9 Å². The predicted octanol–water partition coefficient (Wildman–Crippen LogP) is 4.68. The normalized spacial score (nSPS) is 12.5. The number of methoxy groups -OCH3 is 1. The standard InChI is InChI=1S/C15H18Br2N2O2/c1-8(14-9(2)19-21-10(14)3)18-7-11-5-12(16)6-13(17)15(11)20-4/h5-6,8,18H,7H2,1-4H3. The lowest BCUT2D eigenvalue weighted by atomic mass is 10.1. The minimum Gasteiger partial charge on any atom is -0.495 e. The molecule has 1 unspecified atom stereocenters. The maximum atomic E-state index is 5.46. The van der Waals surface area contributed by atoms with Gasteiger partial charge in [0.15, 0.2) is 0 Å². The Morgan fingerprint density at radius 2 is 2.05 bits per heavy atom. The molecule has 21 heavy (non-hydrogen) atoms. The van der Waals surface area contributed by atoms with Gasteiger partial charge in [-0.15, -0.1) is 0 Å². The van der Waals surface area contributed by atoms with Crippen LogP contribution in [0.3, 0.4) is 0 Å². The number of ether oxygens (including phenoxy) is 1. The van der Waals surface area contributed by atoms with Crippen molar-refractivity contribution in [3.8, 4) is 5.75 Å². The Morgan fingerprint density at radius 3 is 2.62 bits per heavy atom. The number of nitrogens with one attached hydrogen (secondary N) is 1. The molecule has 2 aromatic rings. The average molecular weight is 418 g/mol. The number of aryl methyl sites for hydroxylation is 2. The third kappa shape index (κ3) is 3.67. The third-order valence-electron chi connectivity index (χ3n) is 3.41. The van der Waals surface area contributed by atoms with Gasteiger partial charge in [-0.2, -0.15) is 0 Å². The molecule has 0 radical (unpaired) electrons. The van der Waals surface area contributed by atoms with Crippen molar-refractivity contribution in [2.24, 2.45) is 0 Å². The molecule has 1 aromatic carbocycles. The van der Waals surface area contributed by atoms with Crippen LogP contribution in [0.2, 0.25) is 0 Å². The Bertz CT molecular complexity index is 621. The molecular weight excluding hydrogens is 400 g/mol. The first-order valence-electron chi connectivity index (χ1n) is 6.62. The summed E-state index contributed by atoms with van der Waals surface area (Å²) >= 11 is 7.03. The van der Waals surface area contributed by atoms with E-state index in [1.165, 1.54) is 0 Å². The molecular formula is C15H18Br2N2O2. The highest BCUT2D eigenvalue weighted by Crippen LogP contribution is 2.33. The van der Waals surface area contributed by atoms with Gasteiger partial charge in [0.1, 0.15) is 11.5 Å². The van der Waals surface area contributed by atoms with Crippen LogP contribution in [0.25, 0.3) is 0 Å². The van der Waals surface area contributed by atoms with Crippen LogP contribution in [0.1, 0.15) is 35.5 Å². The molecule has 4 nitrogen and oxygen atoms in total. The minimum atomic E-state index is 0.152.